The topological polar surface area (TPSA) is 52.6 Å². The van der Waals surface area contributed by atoms with Crippen LogP contribution in [0, 0.1) is 11.8 Å². The molecule has 0 heterocycles. The average Bonchev–Trinajstić information content (AvgIpc) is 2.35. The van der Waals surface area contributed by atoms with Gasteiger partial charge in [0.1, 0.15) is 0 Å². The van der Waals surface area contributed by atoms with E-state index < -0.39 is 23.8 Å². The van der Waals surface area contributed by atoms with Gasteiger partial charge in [-0.25, -0.2) is 0 Å². The molecule has 0 saturated heterocycles. The van der Waals surface area contributed by atoms with Crippen molar-refractivity contribution in [3.8, 4) is 0 Å². The van der Waals surface area contributed by atoms with E-state index in [-0.39, 0.29) is 0 Å². The predicted octanol–water partition coefficient (Wildman–Crippen LogP) is 1.88. The third-order valence-electron chi connectivity index (χ3n) is 2.62. The highest BCUT2D eigenvalue weighted by molar-refractivity contribution is 5.95. The van der Waals surface area contributed by atoms with Crippen LogP contribution in [-0.2, 0) is 19.1 Å². The fourth-order valence-corrected chi connectivity index (χ4v) is 1.38. The smallest absolute Gasteiger partial charge is 0.320 e. The number of ether oxygens (including phenoxy) is 2. The van der Waals surface area contributed by atoms with Crippen LogP contribution in [0.5, 0.6) is 0 Å². The Bertz CT molecular complexity index is 338. The molecule has 0 radical (unpaired) electrons. The number of allylic oxidation sites excluding steroid dienone is 3. The molecule has 0 aliphatic carbocycles. The Morgan fingerprint density at radius 1 is 1.12 bits per heavy atom. The summed E-state index contributed by atoms with van der Waals surface area (Å²) in [6.07, 6.45) is 1.52. The first-order chi connectivity index (χ1) is 7.90. The van der Waals surface area contributed by atoms with Crippen molar-refractivity contribution >= 4 is 11.9 Å². The van der Waals surface area contributed by atoms with Crippen molar-refractivity contribution in [1.29, 1.82) is 0 Å². The van der Waals surface area contributed by atoms with Crippen LogP contribution in [0.2, 0.25) is 0 Å². The van der Waals surface area contributed by atoms with E-state index in [1.54, 1.807) is 6.92 Å². The van der Waals surface area contributed by atoms with Gasteiger partial charge in [-0.1, -0.05) is 32.7 Å². The third-order valence-corrected chi connectivity index (χ3v) is 2.62. The first kappa shape index (κ1) is 15.2. The number of hydrogen-bond donors (Lipinski definition) is 0. The van der Waals surface area contributed by atoms with Gasteiger partial charge in [-0.15, -0.1) is 0 Å². The van der Waals surface area contributed by atoms with Crippen LogP contribution in [0.3, 0.4) is 0 Å². The summed E-state index contributed by atoms with van der Waals surface area (Å²) in [5.41, 5.74) is 1.14. The maximum atomic E-state index is 11.5. The van der Waals surface area contributed by atoms with Gasteiger partial charge in [-0.3, -0.25) is 9.59 Å². The molecule has 0 aromatic carbocycles. The molecule has 0 fully saturated rings. The Morgan fingerprint density at radius 3 is 1.82 bits per heavy atom. The third kappa shape index (κ3) is 3.59. The minimum absolute atomic E-state index is 0.458. The lowest BCUT2D eigenvalue weighted by Gasteiger charge is -2.21. The van der Waals surface area contributed by atoms with Gasteiger partial charge in [0.25, 0.3) is 0 Å². The van der Waals surface area contributed by atoms with Crippen molar-refractivity contribution in [3.63, 3.8) is 0 Å². The first-order valence-electron chi connectivity index (χ1n) is 5.06. The molecular weight excluding hydrogens is 220 g/mol. The second-order valence-corrected chi connectivity index (χ2v) is 3.57. The van der Waals surface area contributed by atoms with E-state index in [2.05, 4.69) is 29.2 Å². The van der Waals surface area contributed by atoms with Gasteiger partial charge in [0, 0.05) is 5.92 Å². The maximum absolute atomic E-state index is 11.5. The fourth-order valence-electron chi connectivity index (χ4n) is 1.38. The van der Waals surface area contributed by atoms with Gasteiger partial charge in [0.05, 0.1) is 14.2 Å². The predicted molar refractivity (Wildman–Crippen MR) is 65.2 cm³/mol. The summed E-state index contributed by atoms with van der Waals surface area (Å²) < 4.78 is 9.17. The number of rotatable bonds is 6. The minimum atomic E-state index is -1.03. The normalized spacial score (nSPS) is 11.5. The maximum Gasteiger partial charge on any atom is 0.320 e. The highest BCUT2D eigenvalue weighted by atomic mass is 16.5. The van der Waals surface area contributed by atoms with Gasteiger partial charge in [0.15, 0.2) is 5.92 Å². The highest BCUT2D eigenvalue weighted by Gasteiger charge is 2.35. The average molecular weight is 238 g/mol. The van der Waals surface area contributed by atoms with E-state index in [1.807, 2.05) is 0 Å². The van der Waals surface area contributed by atoms with Crippen molar-refractivity contribution in [2.75, 3.05) is 14.2 Å². The number of methoxy groups -OCH3 is 2. The van der Waals surface area contributed by atoms with Gasteiger partial charge < -0.3 is 9.47 Å². The van der Waals surface area contributed by atoms with Crippen LogP contribution in [0.15, 0.2) is 37.0 Å². The SMILES string of the molecule is C=CC(=C)C(=C)C(C)C(C(=O)OC)C(=O)OC. The molecule has 17 heavy (non-hydrogen) atoms. The number of hydrogen-bond acceptors (Lipinski definition) is 4. The van der Waals surface area contributed by atoms with Crippen LogP contribution >= 0.6 is 0 Å². The summed E-state index contributed by atoms with van der Waals surface area (Å²) >= 11 is 0. The molecule has 4 heteroatoms. The monoisotopic (exact) mass is 238 g/mol. The van der Waals surface area contributed by atoms with Gasteiger partial charge in [0.2, 0.25) is 0 Å². The lowest BCUT2D eigenvalue weighted by atomic mass is 9.85. The van der Waals surface area contributed by atoms with E-state index in [0.717, 1.165) is 0 Å². The second kappa shape index (κ2) is 6.68. The molecule has 0 N–H and O–H groups in total. The van der Waals surface area contributed by atoms with Crippen LogP contribution < -0.4 is 0 Å². The zero-order valence-corrected chi connectivity index (χ0v) is 10.5. The summed E-state index contributed by atoms with van der Waals surface area (Å²) in [4.78, 5) is 23.1. The Morgan fingerprint density at radius 2 is 1.53 bits per heavy atom. The molecule has 1 unspecified atom stereocenters. The lowest BCUT2D eigenvalue weighted by molar-refractivity contribution is -0.160. The van der Waals surface area contributed by atoms with Crippen LogP contribution in [0.4, 0.5) is 0 Å². The standard InChI is InChI=1S/C13H18O4/c1-7-8(2)9(3)10(4)11(12(14)16-5)13(15)17-6/h7,10-11H,1-3H2,4-6H3. The fraction of sp³-hybridized carbons (Fsp3) is 0.385. The highest BCUT2D eigenvalue weighted by Crippen LogP contribution is 2.26. The van der Waals surface area contributed by atoms with E-state index in [0.29, 0.717) is 11.1 Å². The molecule has 94 valence electrons. The molecular formula is C13H18O4. The second-order valence-electron chi connectivity index (χ2n) is 3.57. The Labute approximate surface area is 102 Å². The summed E-state index contributed by atoms with van der Waals surface area (Å²) in [5.74, 6) is -2.79. The van der Waals surface area contributed by atoms with E-state index in [1.165, 1.54) is 20.3 Å². The quantitative estimate of drug-likeness (QED) is 0.403. The molecule has 0 aromatic rings. The Hall–Kier alpha value is -1.84. The summed E-state index contributed by atoms with van der Waals surface area (Å²) in [6, 6.07) is 0. The molecule has 0 aliphatic rings. The number of esters is 2. The zero-order chi connectivity index (χ0) is 13.6. The van der Waals surface area contributed by atoms with Gasteiger partial charge >= 0.3 is 11.9 Å². The molecule has 0 spiro atoms. The zero-order valence-electron chi connectivity index (χ0n) is 10.5. The number of carbonyl (C=O) groups is 2. The van der Waals surface area contributed by atoms with E-state index >= 15 is 0 Å². The van der Waals surface area contributed by atoms with Crippen LogP contribution in [0.25, 0.3) is 0 Å². The van der Waals surface area contributed by atoms with Crippen molar-refractivity contribution in [3.05, 3.63) is 37.0 Å². The van der Waals surface area contributed by atoms with Crippen molar-refractivity contribution in [2.24, 2.45) is 11.8 Å². The van der Waals surface area contributed by atoms with E-state index in [4.69, 9.17) is 0 Å². The molecule has 0 saturated carbocycles. The van der Waals surface area contributed by atoms with Gasteiger partial charge in [-0.05, 0) is 11.1 Å². The summed E-state index contributed by atoms with van der Waals surface area (Å²) in [6.45, 7) is 12.8. The Balaban J connectivity index is 5.12. The van der Waals surface area contributed by atoms with E-state index in [9.17, 15) is 9.59 Å². The van der Waals surface area contributed by atoms with Gasteiger partial charge in [-0.2, -0.15) is 0 Å². The van der Waals surface area contributed by atoms with Crippen LogP contribution in [0.1, 0.15) is 6.92 Å². The molecule has 1 atom stereocenters. The molecule has 0 bridgehead atoms. The molecule has 0 rings (SSSR count). The molecule has 0 aromatic heterocycles. The summed E-state index contributed by atoms with van der Waals surface area (Å²) in [5, 5.41) is 0. The van der Waals surface area contributed by atoms with Crippen LogP contribution in [-0.4, -0.2) is 26.2 Å². The summed E-state index contributed by atoms with van der Waals surface area (Å²) in [7, 11) is 2.44. The van der Waals surface area contributed by atoms with Crippen molar-refractivity contribution < 1.29 is 19.1 Å². The largest absolute Gasteiger partial charge is 0.468 e. The lowest BCUT2D eigenvalue weighted by Crippen LogP contribution is -2.33. The number of carbonyl (C=O) groups excluding carboxylic acids is 2. The van der Waals surface area contributed by atoms with Crippen molar-refractivity contribution in [2.45, 2.75) is 6.92 Å². The molecule has 0 amide bonds. The molecule has 0 aliphatic heterocycles. The minimum Gasteiger partial charge on any atom is -0.468 e. The molecule has 4 nitrogen and oxygen atoms in total. The first-order valence-corrected chi connectivity index (χ1v) is 5.06. The van der Waals surface area contributed by atoms with Crippen molar-refractivity contribution in [1.82, 2.24) is 0 Å². The Kier molecular flexibility index (Phi) is 5.96.